The van der Waals surface area contributed by atoms with Gasteiger partial charge in [0.05, 0.1) is 7.11 Å². The van der Waals surface area contributed by atoms with Crippen molar-refractivity contribution >= 4 is 0 Å². The lowest BCUT2D eigenvalue weighted by Gasteiger charge is -2.13. The molecule has 1 aromatic carbocycles. The number of methoxy groups -OCH3 is 1. The molecule has 0 fully saturated rings. The van der Waals surface area contributed by atoms with Crippen molar-refractivity contribution in [3.8, 4) is 17.4 Å². The van der Waals surface area contributed by atoms with Gasteiger partial charge in [-0.3, -0.25) is 0 Å². The van der Waals surface area contributed by atoms with Crippen molar-refractivity contribution in [3.63, 3.8) is 0 Å². The number of pyridine rings is 1. The van der Waals surface area contributed by atoms with Gasteiger partial charge in [-0.15, -0.1) is 0 Å². The maximum Gasteiger partial charge on any atom is 0.219 e. The van der Waals surface area contributed by atoms with Crippen LogP contribution in [0.3, 0.4) is 0 Å². The van der Waals surface area contributed by atoms with Gasteiger partial charge in [0.25, 0.3) is 0 Å². The Morgan fingerprint density at radius 2 is 2.00 bits per heavy atom. The Labute approximate surface area is 126 Å². The fourth-order valence-corrected chi connectivity index (χ4v) is 1.97. The molecule has 1 unspecified atom stereocenters. The van der Waals surface area contributed by atoms with E-state index in [0.717, 1.165) is 24.3 Å². The lowest BCUT2D eigenvalue weighted by atomic mass is 10.1. The summed E-state index contributed by atoms with van der Waals surface area (Å²) in [6.07, 6.45) is 2.97. The number of hydrogen-bond donors (Lipinski definition) is 1. The highest BCUT2D eigenvalue weighted by atomic mass is 16.5. The van der Waals surface area contributed by atoms with Gasteiger partial charge < -0.3 is 14.8 Å². The number of benzene rings is 1. The van der Waals surface area contributed by atoms with Crippen LogP contribution in [0.2, 0.25) is 0 Å². The summed E-state index contributed by atoms with van der Waals surface area (Å²) < 4.78 is 10.9. The van der Waals surface area contributed by atoms with Crippen LogP contribution in [-0.2, 0) is 0 Å². The molecule has 4 nitrogen and oxygen atoms in total. The highest BCUT2D eigenvalue weighted by Gasteiger charge is 2.06. The number of rotatable bonds is 7. The molecule has 2 rings (SSSR count). The van der Waals surface area contributed by atoms with E-state index >= 15 is 0 Å². The Balaban J connectivity index is 2.01. The molecule has 0 amide bonds. The zero-order valence-electron chi connectivity index (χ0n) is 12.8. The van der Waals surface area contributed by atoms with E-state index in [1.807, 2.05) is 42.6 Å². The van der Waals surface area contributed by atoms with Crippen molar-refractivity contribution in [2.24, 2.45) is 0 Å². The fraction of sp³-hybridized carbons (Fsp3) is 0.353. The molecule has 1 N–H and O–H groups in total. The number of nitrogens with one attached hydrogen (secondary N) is 1. The lowest BCUT2D eigenvalue weighted by molar-refractivity contribution is 0.407. The van der Waals surface area contributed by atoms with Gasteiger partial charge in [-0.1, -0.05) is 19.1 Å². The molecule has 21 heavy (non-hydrogen) atoms. The van der Waals surface area contributed by atoms with Gasteiger partial charge in [-0.2, -0.15) is 0 Å². The molecule has 0 aliphatic rings. The predicted octanol–water partition coefficient (Wildman–Crippen LogP) is 3.94. The summed E-state index contributed by atoms with van der Waals surface area (Å²) in [5.74, 6) is 2.06. The first-order valence-electron chi connectivity index (χ1n) is 7.24. The zero-order valence-corrected chi connectivity index (χ0v) is 12.8. The minimum Gasteiger partial charge on any atom is -0.497 e. The summed E-state index contributed by atoms with van der Waals surface area (Å²) in [4.78, 5) is 4.36. The van der Waals surface area contributed by atoms with E-state index in [9.17, 15) is 0 Å². The van der Waals surface area contributed by atoms with E-state index < -0.39 is 0 Å². The number of nitrogens with zero attached hydrogens (tertiary/aromatic N) is 1. The third kappa shape index (κ3) is 4.46. The summed E-state index contributed by atoms with van der Waals surface area (Å²) >= 11 is 0. The predicted molar refractivity (Wildman–Crippen MR) is 84.0 cm³/mol. The van der Waals surface area contributed by atoms with Crippen LogP contribution in [0.25, 0.3) is 0 Å². The smallest absolute Gasteiger partial charge is 0.219 e. The first-order chi connectivity index (χ1) is 10.2. The molecule has 0 spiro atoms. The lowest BCUT2D eigenvalue weighted by Crippen LogP contribution is -2.19. The Bertz CT molecular complexity index is 555. The van der Waals surface area contributed by atoms with Crippen molar-refractivity contribution in [3.05, 3.63) is 48.2 Å². The molecule has 2 aromatic rings. The van der Waals surface area contributed by atoms with Gasteiger partial charge in [0.1, 0.15) is 11.5 Å². The maximum atomic E-state index is 5.73. The SMILES string of the molecule is CCCNC(C)c1ccc(Oc2cccc(OC)c2)nc1. The third-order valence-corrected chi connectivity index (χ3v) is 3.22. The average molecular weight is 286 g/mol. The Morgan fingerprint density at radius 3 is 2.67 bits per heavy atom. The minimum atomic E-state index is 0.295. The van der Waals surface area contributed by atoms with Gasteiger partial charge in [-0.05, 0) is 37.6 Å². The molecule has 1 heterocycles. The van der Waals surface area contributed by atoms with Crippen molar-refractivity contribution in [2.75, 3.05) is 13.7 Å². The molecule has 0 saturated heterocycles. The van der Waals surface area contributed by atoms with Crippen LogP contribution in [0.5, 0.6) is 17.4 Å². The molecule has 112 valence electrons. The Hall–Kier alpha value is -2.07. The molecular formula is C17H22N2O2. The molecule has 0 saturated carbocycles. The number of hydrogen-bond acceptors (Lipinski definition) is 4. The monoisotopic (exact) mass is 286 g/mol. The quantitative estimate of drug-likeness (QED) is 0.837. The first-order valence-corrected chi connectivity index (χ1v) is 7.24. The Morgan fingerprint density at radius 1 is 1.19 bits per heavy atom. The summed E-state index contributed by atoms with van der Waals surface area (Å²) in [5, 5.41) is 3.44. The molecule has 0 bridgehead atoms. The molecule has 0 aliphatic carbocycles. The van der Waals surface area contributed by atoms with Gasteiger partial charge in [-0.25, -0.2) is 4.98 Å². The van der Waals surface area contributed by atoms with Gasteiger partial charge in [0.15, 0.2) is 0 Å². The van der Waals surface area contributed by atoms with Crippen molar-refractivity contribution in [1.82, 2.24) is 10.3 Å². The van der Waals surface area contributed by atoms with Gasteiger partial charge in [0, 0.05) is 24.4 Å². The summed E-state index contributed by atoms with van der Waals surface area (Å²) in [6, 6.07) is 11.7. The highest BCUT2D eigenvalue weighted by molar-refractivity contribution is 5.35. The van der Waals surface area contributed by atoms with E-state index in [-0.39, 0.29) is 0 Å². The van der Waals surface area contributed by atoms with E-state index in [1.54, 1.807) is 7.11 Å². The highest BCUT2D eigenvalue weighted by Crippen LogP contribution is 2.24. The van der Waals surface area contributed by atoms with Crippen LogP contribution >= 0.6 is 0 Å². The molecule has 0 aliphatic heterocycles. The van der Waals surface area contributed by atoms with Gasteiger partial charge >= 0.3 is 0 Å². The van der Waals surface area contributed by atoms with Crippen LogP contribution in [-0.4, -0.2) is 18.6 Å². The Kier molecular flexibility index (Phi) is 5.58. The second kappa shape index (κ2) is 7.64. The topological polar surface area (TPSA) is 43.4 Å². The first kappa shape index (κ1) is 15.3. The number of ether oxygens (including phenoxy) is 2. The summed E-state index contributed by atoms with van der Waals surface area (Å²) in [6.45, 7) is 5.29. The van der Waals surface area contributed by atoms with E-state index in [4.69, 9.17) is 9.47 Å². The molecule has 1 aromatic heterocycles. The second-order valence-electron chi connectivity index (χ2n) is 4.89. The van der Waals surface area contributed by atoms with Gasteiger partial charge in [0.2, 0.25) is 5.88 Å². The van der Waals surface area contributed by atoms with Crippen LogP contribution < -0.4 is 14.8 Å². The largest absolute Gasteiger partial charge is 0.497 e. The van der Waals surface area contributed by atoms with Crippen LogP contribution in [0.15, 0.2) is 42.6 Å². The summed E-state index contributed by atoms with van der Waals surface area (Å²) in [5.41, 5.74) is 1.15. The van der Waals surface area contributed by atoms with E-state index in [1.165, 1.54) is 0 Å². The minimum absolute atomic E-state index is 0.295. The summed E-state index contributed by atoms with van der Waals surface area (Å²) in [7, 11) is 1.64. The van der Waals surface area contributed by atoms with E-state index in [0.29, 0.717) is 17.7 Å². The van der Waals surface area contributed by atoms with E-state index in [2.05, 4.69) is 24.1 Å². The fourth-order valence-electron chi connectivity index (χ4n) is 1.97. The third-order valence-electron chi connectivity index (χ3n) is 3.22. The number of aromatic nitrogens is 1. The molecule has 4 heteroatoms. The maximum absolute atomic E-state index is 5.73. The zero-order chi connectivity index (χ0) is 15.1. The molecule has 1 atom stereocenters. The van der Waals surface area contributed by atoms with Crippen molar-refractivity contribution in [2.45, 2.75) is 26.3 Å². The normalized spacial score (nSPS) is 12.0. The standard InChI is InChI=1S/C17H22N2O2/c1-4-10-18-13(2)14-8-9-17(19-12-14)21-16-7-5-6-15(11-16)20-3/h5-9,11-13,18H,4,10H2,1-3H3. The van der Waals surface area contributed by atoms with Crippen LogP contribution in [0, 0.1) is 0 Å². The second-order valence-corrected chi connectivity index (χ2v) is 4.89. The van der Waals surface area contributed by atoms with Crippen molar-refractivity contribution < 1.29 is 9.47 Å². The van der Waals surface area contributed by atoms with Crippen molar-refractivity contribution in [1.29, 1.82) is 0 Å². The van der Waals surface area contributed by atoms with Crippen LogP contribution in [0.4, 0.5) is 0 Å². The molecular weight excluding hydrogens is 264 g/mol. The average Bonchev–Trinajstić information content (AvgIpc) is 2.53. The van der Waals surface area contributed by atoms with Crippen LogP contribution in [0.1, 0.15) is 31.9 Å². The molecule has 0 radical (unpaired) electrons.